The fraction of sp³-hybridized carbons (Fsp3) is 0.667. The van der Waals surface area contributed by atoms with Gasteiger partial charge in [0.15, 0.2) is 0 Å². The van der Waals surface area contributed by atoms with Crippen molar-refractivity contribution in [2.75, 3.05) is 37.7 Å². The first kappa shape index (κ1) is 19.2. The van der Waals surface area contributed by atoms with E-state index in [4.69, 9.17) is 15.2 Å². The fourth-order valence-corrected chi connectivity index (χ4v) is 1.97. The quantitative estimate of drug-likeness (QED) is 0.879. The second-order valence-corrected chi connectivity index (χ2v) is 4.14. The van der Waals surface area contributed by atoms with Crippen LogP contribution in [0.15, 0.2) is 12.3 Å². The van der Waals surface area contributed by atoms with Gasteiger partial charge in [0.2, 0.25) is 11.8 Å². The van der Waals surface area contributed by atoms with Gasteiger partial charge in [-0.2, -0.15) is 4.98 Å². The van der Waals surface area contributed by atoms with Gasteiger partial charge >= 0.3 is 0 Å². The number of rotatable bonds is 5. The van der Waals surface area contributed by atoms with E-state index in [9.17, 15) is 0 Å². The Morgan fingerprint density at radius 1 is 1.50 bits per heavy atom. The second kappa shape index (κ2) is 9.99. The molecule has 0 aromatic carbocycles. The van der Waals surface area contributed by atoms with E-state index in [1.807, 2.05) is 6.92 Å². The summed E-state index contributed by atoms with van der Waals surface area (Å²) in [5, 5.41) is 0. The normalized spacial score (nSPS) is 17.9. The summed E-state index contributed by atoms with van der Waals surface area (Å²) in [5.74, 6) is 1.32. The van der Waals surface area contributed by atoms with Gasteiger partial charge < -0.3 is 20.1 Å². The Morgan fingerprint density at radius 2 is 2.30 bits per heavy atom. The Kier molecular flexibility index (Phi) is 9.58. The second-order valence-electron chi connectivity index (χ2n) is 4.14. The number of nitrogens with zero attached hydrogens (tertiary/aromatic N) is 3. The van der Waals surface area contributed by atoms with Crippen molar-refractivity contribution in [1.82, 2.24) is 9.97 Å². The van der Waals surface area contributed by atoms with Gasteiger partial charge in [-0.05, 0) is 19.9 Å². The molecule has 1 aliphatic heterocycles. The van der Waals surface area contributed by atoms with Gasteiger partial charge in [-0.25, -0.2) is 4.98 Å². The lowest BCUT2D eigenvalue weighted by molar-refractivity contribution is 0.0363. The number of hydrogen-bond donors (Lipinski definition) is 1. The molecular weight excluding hydrogens is 303 g/mol. The van der Waals surface area contributed by atoms with E-state index in [2.05, 4.69) is 14.9 Å². The largest absolute Gasteiger partial charge is 0.478 e. The van der Waals surface area contributed by atoms with Crippen LogP contribution < -0.4 is 15.4 Å². The van der Waals surface area contributed by atoms with E-state index in [1.54, 1.807) is 12.3 Å². The van der Waals surface area contributed by atoms with Gasteiger partial charge in [0.1, 0.15) is 0 Å². The summed E-state index contributed by atoms with van der Waals surface area (Å²) >= 11 is 0. The molecule has 2 rings (SSSR count). The van der Waals surface area contributed by atoms with Gasteiger partial charge in [-0.15, -0.1) is 24.8 Å². The molecule has 0 saturated carbocycles. The van der Waals surface area contributed by atoms with Crippen molar-refractivity contribution in [3.8, 4) is 5.88 Å². The summed E-state index contributed by atoms with van der Waals surface area (Å²) in [6, 6.07) is 1.77. The van der Waals surface area contributed by atoms with Crippen molar-refractivity contribution in [3.05, 3.63) is 12.3 Å². The third kappa shape index (κ3) is 5.28. The lowest BCUT2D eigenvalue weighted by Gasteiger charge is -2.32. The number of ether oxygens (including phenoxy) is 2. The lowest BCUT2D eigenvalue weighted by atomic mass is 10.2. The number of morpholine rings is 1. The molecule has 116 valence electrons. The minimum absolute atomic E-state index is 0. The molecule has 1 saturated heterocycles. The van der Waals surface area contributed by atoms with Gasteiger partial charge in [0, 0.05) is 25.4 Å². The predicted molar refractivity (Wildman–Crippen MR) is 83.3 cm³/mol. The Bertz CT molecular complexity index is 382. The summed E-state index contributed by atoms with van der Waals surface area (Å²) in [7, 11) is 0. The Morgan fingerprint density at radius 3 is 3.00 bits per heavy atom. The first-order valence-electron chi connectivity index (χ1n) is 6.36. The first-order valence-corrected chi connectivity index (χ1v) is 6.36. The van der Waals surface area contributed by atoms with Crippen molar-refractivity contribution in [3.63, 3.8) is 0 Å². The molecule has 1 aromatic heterocycles. The van der Waals surface area contributed by atoms with Gasteiger partial charge in [-0.1, -0.05) is 0 Å². The van der Waals surface area contributed by atoms with Crippen molar-refractivity contribution in [1.29, 1.82) is 0 Å². The van der Waals surface area contributed by atoms with E-state index in [-0.39, 0.29) is 30.9 Å². The van der Waals surface area contributed by atoms with Gasteiger partial charge in [-0.3, -0.25) is 0 Å². The van der Waals surface area contributed by atoms with Crippen molar-refractivity contribution >= 4 is 30.8 Å². The van der Waals surface area contributed by atoms with E-state index in [0.29, 0.717) is 31.6 Å². The zero-order chi connectivity index (χ0) is 12.8. The monoisotopic (exact) mass is 324 g/mol. The zero-order valence-corrected chi connectivity index (χ0v) is 13.2. The van der Waals surface area contributed by atoms with Crippen LogP contribution in [0, 0.1) is 0 Å². The van der Waals surface area contributed by atoms with Crippen LogP contribution >= 0.6 is 24.8 Å². The van der Waals surface area contributed by atoms with Crippen LogP contribution in [-0.2, 0) is 4.74 Å². The summed E-state index contributed by atoms with van der Waals surface area (Å²) in [4.78, 5) is 10.8. The van der Waals surface area contributed by atoms with E-state index >= 15 is 0 Å². The van der Waals surface area contributed by atoms with E-state index in [1.165, 1.54) is 0 Å². The highest BCUT2D eigenvalue weighted by Crippen LogP contribution is 2.16. The molecule has 0 aliphatic carbocycles. The molecule has 0 amide bonds. The standard InChI is InChI=1S/C12H20N4O2.2ClH/c1-2-17-11-4-6-14-12(15-11)16-7-8-18-10(9-16)3-5-13;;/h4,6,10H,2-3,5,7-9,13H2,1H3;2*1H. The third-order valence-electron chi connectivity index (χ3n) is 2.82. The van der Waals surface area contributed by atoms with Gasteiger partial charge in [0.05, 0.1) is 19.3 Å². The minimum atomic E-state index is 0. The zero-order valence-electron chi connectivity index (χ0n) is 11.5. The van der Waals surface area contributed by atoms with E-state index < -0.39 is 0 Å². The summed E-state index contributed by atoms with van der Waals surface area (Å²) in [5.41, 5.74) is 5.56. The van der Waals surface area contributed by atoms with Crippen LogP contribution in [0.3, 0.4) is 0 Å². The highest BCUT2D eigenvalue weighted by Gasteiger charge is 2.21. The summed E-state index contributed by atoms with van der Waals surface area (Å²) in [6.45, 7) is 5.46. The van der Waals surface area contributed by atoms with Crippen LogP contribution in [0.1, 0.15) is 13.3 Å². The smallest absolute Gasteiger partial charge is 0.228 e. The third-order valence-corrected chi connectivity index (χ3v) is 2.82. The Hall–Kier alpha value is -0.820. The molecule has 0 spiro atoms. The molecule has 1 aliphatic rings. The van der Waals surface area contributed by atoms with Crippen LogP contribution in [0.2, 0.25) is 0 Å². The SMILES string of the molecule is CCOc1ccnc(N2CCOC(CCN)C2)n1.Cl.Cl. The molecule has 8 heteroatoms. The average molecular weight is 325 g/mol. The van der Waals surface area contributed by atoms with Crippen LogP contribution in [0.5, 0.6) is 5.88 Å². The Labute approximate surface area is 131 Å². The van der Waals surface area contributed by atoms with E-state index in [0.717, 1.165) is 19.5 Å². The maximum atomic E-state index is 5.64. The number of nitrogens with two attached hydrogens (primary N) is 1. The highest BCUT2D eigenvalue weighted by atomic mass is 35.5. The predicted octanol–water partition coefficient (Wildman–Crippen LogP) is 1.27. The minimum Gasteiger partial charge on any atom is -0.478 e. The van der Waals surface area contributed by atoms with Crippen molar-refractivity contribution in [2.45, 2.75) is 19.4 Å². The maximum Gasteiger partial charge on any atom is 0.228 e. The fourth-order valence-electron chi connectivity index (χ4n) is 1.97. The molecule has 6 nitrogen and oxygen atoms in total. The first-order chi connectivity index (χ1) is 8.83. The average Bonchev–Trinajstić information content (AvgIpc) is 2.40. The maximum absolute atomic E-state index is 5.64. The molecule has 20 heavy (non-hydrogen) atoms. The molecular formula is C12H22Cl2N4O2. The highest BCUT2D eigenvalue weighted by molar-refractivity contribution is 5.85. The molecule has 1 aromatic rings. The molecule has 2 heterocycles. The van der Waals surface area contributed by atoms with Crippen molar-refractivity contribution < 1.29 is 9.47 Å². The number of hydrogen-bond acceptors (Lipinski definition) is 6. The molecule has 0 bridgehead atoms. The number of halogens is 2. The van der Waals surface area contributed by atoms with Crippen LogP contribution in [-0.4, -0.2) is 48.9 Å². The molecule has 1 atom stereocenters. The summed E-state index contributed by atoms with van der Waals surface area (Å²) < 4.78 is 11.0. The lowest BCUT2D eigenvalue weighted by Crippen LogP contribution is -2.44. The van der Waals surface area contributed by atoms with Crippen LogP contribution in [0.4, 0.5) is 5.95 Å². The topological polar surface area (TPSA) is 73.5 Å². The number of anilines is 1. The van der Waals surface area contributed by atoms with Gasteiger partial charge in [0.25, 0.3) is 0 Å². The molecule has 2 N–H and O–H groups in total. The van der Waals surface area contributed by atoms with Crippen LogP contribution in [0.25, 0.3) is 0 Å². The molecule has 0 radical (unpaired) electrons. The molecule has 1 unspecified atom stereocenters. The number of aromatic nitrogens is 2. The van der Waals surface area contributed by atoms with Crippen molar-refractivity contribution in [2.24, 2.45) is 5.73 Å². The summed E-state index contributed by atoms with van der Waals surface area (Å²) in [6.07, 6.45) is 2.76. The molecule has 1 fully saturated rings. The Balaban J connectivity index is 0.00000180.